The maximum absolute atomic E-state index is 12.9. The van der Waals surface area contributed by atoms with Crippen LogP contribution in [0.2, 0.25) is 0 Å². The van der Waals surface area contributed by atoms with Crippen molar-refractivity contribution in [2.45, 2.75) is 18.9 Å². The zero-order valence-corrected chi connectivity index (χ0v) is 14.3. The van der Waals surface area contributed by atoms with Crippen molar-refractivity contribution in [2.24, 2.45) is 5.73 Å². The van der Waals surface area contributed by atoms with Gasteiger partial charge in [0.2, 0.25) is 11.8 Å². The van der Waals surface area contributed by atoms with Gasteiger partial charge in [-0.2, -0.15) is 0 Å². The molecule has 4 rings (SSSR count). The van der Waals surface area contributed by atoms with E-state index in [0.29, 0.717) is 13.0 Å². The van der Waals surface area contributed by atoms with Crippen molar-refractivity contribution in [3.63, 3.8) is 0 Å². The van der Waals surface area contributed by atoms with E-state index in [1.54, 1.807) is 11.0 Å². The van der Waals surface area contributed by atoms with Gasteiger partial charge in [-0.25, -0.2) is 0 Å². The number of rotatable bonds is 3. The van der Waals surface area contributed by atoms with Gasteiger partial charge < -0.3 is 10.6 Å². The number of carbonyl (C=O) groups excluding carboxylic acids is 2. The highest BCUT2D eigenvalue weighted by molar-refractivity contribution is 5.90. The summed E-state index contributed by atoms with van der Waals surface area (Å²) in [6.45, 7) is 0.491. The third-order valence-corrected chi connectivity index (χ3v) is 4.97. The Hall–Kier alpha value is -3.14. The van der Waals surface area contributed by atoms with Crippen molar-refractivity contribution in [2.75, 3.05) is 6.54 Å². The molecule has 3 aromatic carbocycles. The molecular weight excluding hydrogens is 324 g/mol. The molecule has 1 heterocycles. The van der Waals surface area contributed by atoms with Crippen LogP contribution < -0.4 is 5.73 Å². The van der Waals surface area contributed by atoms with Crippen LogP contribution in [0.5, 0.6) is 0 Å². The van der Waals surface area contributed by atoms with Gasteiger partial charge in [0.15, 0.2) is 0 Å². The standard InChI is InChI=1S/C22H19N2O2/c23-22(26)21-19-8-4-3-6-17(19)11-12-24(21)20(25)14-15-9-10-16-5-1-2-7-18(16)13-15/h1-2,4-10,13,21H,11-12,14H2,(H2,23,26). The Morgan fingerprint density at radius 3 is 2.73 bits per heavy atom. The van der Waals surface area contributed by atoms with Crippen LogP contribution in [0.15, 0.2) is 60.7 Å². The van der Waals surface area contributed by atoms with E-state index in [-0.39, 0.29) is 12.3 Å². The molecule has 0 aromatic heterocycles. The Bertz CT molecular complexity index is 996. The lowest BCUT2D eigenvalue weighted by Gasteiger charge is -2.35. The summed E-state index contributed by atoms with van der Waals surface area (Å²) >= 11 is 0. The van der Waals surface area contributed by atoms with E-state index in [1.165, 1.54) is 0 Å². The van der Waals surface area contributed by atoms with E-state index in [1.807, 2.05) is 54.6 Å². The number of hydrogen-bond donors (Lipinski definition) is 1. The van der Waals surface area contributed by atoms with Crippen molar-refractivity contribution in [1.82, 2.24) is 4.90 Å². The second-order valence-corrected chi connectivity index (χ2v) is 6.63. The van der Waals surface area contributed by atoms with Crippen LogP contribution in [-0.2, 0) is 22.4 Å². The first kappa shape index (κ1) is 16.3. The van der Waals surface area contributed by atoms with Crippen LogP contribution in [0.25, 0.3) is 10.8 Å². The number of hydrogen-bond acceptors (Lipinski definition) is 2. The highest BCUT2D eigenvalue weighted by Crippen LogP contribution is 2.30. The van der Waals surface area contributed by atoms with Crippen LogP contribution in [0.1, 0.15) is 22.7 Å². The first-order chi connectivity index (χ1) is 12.6. The van der Waals surface area contributed by atoms with Crippen molar-refractivity contribution >= 4 is 22.6 Å². The number of benzene rings is 3. The molecule has 1 atom stereocenters. The Kier molecular flexibility index (Phi) is 4.17. The van der Waals surface area contributed by atoms with Crippen LogP contribution in [0, 0.1) is 6.07 Å². The summed E-state index contributed by atoms with van der Waals surface area (Å²) in [4.78, 5) is 26.6. The molecule has 0 saturated heterocycles. The quantitative estimate of drug-likeness (QED) is 0.795. The van der Waals surface area contributed by atoms with Gasteiger partial charge in [-0.05, 0) is 39.9 Å². The zero-order chi connectivity index (χ0) is 18.1. The third-order valence-electron chi connectivity index (χ3n) is 4.97. The fourth-order valence-corrected chi connectivity index (χ4v) is 3.70. The van der Waals surface area contributed by atoms with Crippen LogP contribution >= 0.6 is 0 Å². The summed E-state index contributed by atoms with van der Waals surface area (Å²) in [7, 11) is 0. The van der Waals surface area contributed by atoms with Gasteiger partial charge in [0.1, 0.15) is 6.04 Å². The van der Waals surface area contributed by atoms with E-state index in [4.69, 9.17) is 5.73 Å². The molecule has 0 fully saturated rings. The molecule has 0 aliphatic carbocycles. The molecule has 3 aromatic rings. The van der Waals surface area contributed by atoms with Gasteiger partial charge in [-0.3, -0.25) is 9.59 Å². The van der Waals surface area contributed by atoms with Gasteiger partial charge in [0.25, 0.3) is 0 Å². The molecular formula is C22H19N2O2. The van der Waals surface area contributed by atoms with Crippen LogP contribution in [0.4, 0.5) is 0 Å². The number of nitrogens with two attached hydrogens (primary N) is 1. The van der Waals surface area contributed by atoms with Gasteiger partial charge in [-0.15, -0.1) is 0 Å². The topological polar surface area (TPSA) is 63.4 Å². The molecule has 0 spiro atoms. The van der Waals surface area contributed by atoms with E-state index in [2.05, 4.69) is 6.07 Å². The maximum Gasteiger partial charge on any atom is 0.244 e. The fraction of sp³-hybridized carbons (Fsp3) is 0.182. The molecule has 1 aliphatic rings. The molecule has 0 saturated carbocycles. The SMILES string of the molecule is NC(=O)C1c2cc[c]cc2CCN1C(=O)Cc1ccc2ccccc2c1. The van der Waals surface area contributed by atoms with Gasteiger partial charge in [-0.1, -0.05) is 60.7 Å². The second-order valence-electron chi connectivity index (χ2n) is 6.63. The largest absolute Gasteiger partial charge is 0.368 e. The highest BCUT2D eigenvalue weighted by atomic mass is 16.2. The molecule has 4 nitrogen and oxygen atoms in total. The zero-order valence-electron chi connectivity index (χ0n) is 14.3. The van der Waals surface area contributed by atoms with E-state index < -0.39 is 11.9 Å². The highest BCUT2D eigenvalue weighted by Gasteiger charge is 2.34. The maximum atomic E-state index is 12.9. The van der Waals surface area contributed by atoms with Crippen molar-refractivity contribution in [1.29, 1.82) is 0 Å². The number of nitrogens with zero attached hydrogens (tertiary/aromatic N) is 1. The minimum atomic E-state index is -0.707. The lowest BCUT2D eigenvalue weighted by Crippen LogP contribution is -2.46. The Balaban J connectivity index is 1.61. The second kappa shape index (κ2) is 6.64. The molecule has 4 heteroatoms. The van der Waals surface area contributed by atoms with Crippen LogP contribution in [-0.4, -0.2) is 23.3 Å². The monoisotopic (exact) mass is 343 g/mol. The average Bonchev–Trinajstić information content (AvgIpc) is 2.66. The smallest absolute Gasteiger partial charge is 0.244 e. The van der Waals surface area contributed by atoms with Gasteiger partial charge in [0.05, 0.1) is 6.42 Å². The molecule has 26 heavy (non-hydrogen) atoms. The lowest BCUT2D eigenvalue weighted by atomic mass is 9.91. The summed E-state index contributed by atoms with van der Waals surface area (Å²) < 4.78 is 0. The summed E-state index contributed by atoms with van der Waals surface area (Å²) in [5, 5.41) is 2.24. The van der Waals surface area contributed by atoms with E-state index >= 15 is 0 Å². The minimum Gasteiger partial charge on any atom is -0.368 e. The number of fused-ring (bicyclic) bond motifs is 2. The predicted molar refractivity (Wildman–Crippen MR) is 100 cm³/mol. The number of amides is 2. The normalized spacial score (nSPS) is 16.3. The van der Waals surface area contributed by atoms with Crippen LogP contribution in [0.3, 0.4) is 0 Å². The van der Waals surface area contributed by atoms with Crippen molar-refractivity contribution in [3.05, 3.63) is 83.4 Å². The number of carbonyl (C=O) groups is 2. The van der Waals surface area contributed by atoms with Crippen molar-refractivity contribution < 1.29 is 9.59 Å². The number of primary amides is 1. The Labute approximate surface area is 152 Å². The fourth-order valence-electron chi connectivity index (χ4n) is 3.70. The summed E-state index contributed by atoms with van der Waals surface area (Å²) in [5.41, 5.74) is 8.42. The first-order valence-electron chi connectivity index (χ1n) is 8.69. The van der Waals surface area contributed by atoms with Gasteiger partial charge in [0, 0.05) is 6.54 Å². The van der Waals surface area contributed by atoms with Gasteiger partial charge >= 0.3 is 0 Å². The summed E-state index contributed by atoms with van der Waals surface area (Å²) in [5.74, 6) is -0.577. The van der Waals surface area contributed by atoms with E-state index in [0.717, 1.165) is 27.5 Å². The molecule has 1 aliphatic heterocycles. The minimum absolute atomic E-state index is 0.0810. The molecule has 1 radical (unpaired) electrons. The van der Waals surface area contributed by atoms with Crippen molar-refractivity contribution in [3.8, 4) is 0 Å². The van der Waals surface area contributed by atoms with E-state index in [9.17, 15) is 9.59 Å². The third kappa shape index (κ3) is 2.94. The first-order valence-corrected chi connectivity index (χ1v) is 8.69. The summed E-state index contributed by atoms with van der Waals surface area (Å²) in [6.07, 6.45) is 0.961. The molecule has 129 valence electrons. The average molecular weight is 343 g/mol. The molecule has 1 unspecified atom stereocenters. The Morgan fingerprint density at radius 2 is 1.92 bits per heavy atom. The Morgan fingerprint density at radius 1 is 1.12 bits per heavy atom. The molecule has 2 N–H and O–H groups in total. The molecule has 0 bridgehead atoms. The summed E-state index contributed by atoms with van der Waals surface area (Å²) in [6, 6.07) is 21.8. The predicted octanol–water partition coefficient (Wildman–Crippen LogP) is 2.79. The lowest BCUT2D eigenvalue weighted by molar-refractivity contribution is -0.139. The molecule has 2 amide bonds.